The van der Waals surface area contributed by atoms with Crippen molar-refractivity contribution in [3.05, 3.63) is 29.8 Å². The minimum Gasteiger partial charge on any atom is -0.491 e. The van der Waals surface area contributed by atoms with Crippen LogP contribution in [0.1, 0.15) is 5.56 Å². The van der Waals surface area contributed by atoms with Gasteiger partial charge in [0.2, 0.25) is 5.91 Å². The largest absolute Gasteiger partial charge is 0.491 e. The average Bonchev–Trinajstić information content (AvgIpc) is 2.37. The number of carbonyl (C=O) groups excluding carboxylic acids is 1. The number of amides is 1. The normalized spacial score (nSPS) is 20.2. The summed E-state index contributed by atoms with van der Waals surface area (Å²) in [6.45, 7) is 4.80. The third-order valence-corrected chi connectivity index (χ3v) is 3.12. The summed E-state index contributed by atoms with van der Waals surface area (Å²) in [4.78, 5) is 12.9. The maximum absolute atomic E-state index is 10.9. The third-order valence-electron chi connectivity index (χ3n) is 3.12. The molecule has 5 nitrogen and oxygen atoms in total. The van der Waals surface area contributed by atoms with Crippen molar-refractivity contribution in [2.24, 2.45) is 5.73 Å². The molecule has 0 aromatic heterocycles. The number of nitrogens with two attached hydrogens (primary N) is 1. The summed E-state index contributed by atoms with van der Waals surface area (Å²) in [5.41, 5.74) is 6.30. The second-order valence-electron chi connectivity index (χ2n) is 4.77. The molecule has 1 heterocycles. The van der Waals surface area contributed by atoms with E-state index in [2.05, 4.69) is 0 Å². The Morgan fingerprint density at radius 2 is 2.32 bits per heavy atom. The van der Waals surface area contributed by atoms with Gasteiger partial charge in [0.05, 0.1) is 13.2 Å². The lowest BCUT2D eigenvalue weighted by atomic mass is 10.2. The summed E-state index contributed by atoms with van der Waals surface area (Å²) in [6, 6.07) is 7.88. The van der Waals surface area contributed by atoms with Gasteiger partial charge in [-0.3, -0.25) is 9.69 Å². The highest BCUT2D eigenvalue weighted by Crippen LogP contribution is 2.17. The van der Waals surface area contributed by atoms with Crippen LogP contribution in [0.5, 0.6) is 5.75 Å². The van der Waals surface area contributed by atoms with E-state index in [1.165, 1.54) is 0 Å². The van der Waals surface area contributed by atoms with Crippen molar-refractivity contribution in [3.8, 4) is 5.75 Å². The van der Waals surface area contributed by atoms with Gasteiger partial charge < -0.3 is 15.2 Å². The smallest absolute Gasteiger partial charge is 0.231 e. The van der Waals surface area contributed by atoms with Crippen LogP contribution >= 0.6 is 0 Å². The van der Waals surface area contributed by atoms with Crippen molar-refractivity contribution in [1.29, 1.82) is 0 Å². The van der Waals surface area contributed by atoms with Gasteiger partial charge in [-0.2, -0.15) is 0 Å². The molecule has 0 radical (unpaired) electrons. The van der Waals surface area contributed by atoms with E-state index in [1.807, 2.05) is 36.1 Å². The van der Waals surface area contributed by atoms with Crippen LogP contribution in [-0.4, -0.2) is 49.8 Å². The first-order valence-electron chi connectivity index (χ1n) is 6.46. The molecule has 1 aromatic rings. The lowest BCUT2D eigenvalue weighted by Gasteiger charge is -2.31. The van der Waals surface area contributed by atoms with Gasteiger partial charge in [0.1, 0.15) is 18.5 Å². The number of carbonyl (C=O) groups is 1. The van der Waals surface area contributed by atoms with Gasteiger partial charge in [-0.15, -0.1) is 0 Å². The fourth-order valence-corrected chi connectivity index (χ4v) is 2.15. The van der Waals surface area contributed by atoms with Crippen molar-refractivity contribution in [3.63, 3.8) is 0 Å². The molecule has 1 saturated heterocycles. The lowest BCUT2D eigenvalue weighted by molar-refractivity contribution is -0.121. The maximum Gasteiger partial charge on any atom is 0.231 e. The molecule has 1 aromatic carbocycles. The molecular weight excluding hydrogens is 244 g/mol. The van der Waals surface area contributed by atoms with Crippen LogP contribution in [-0.2, 0) is 9.53 Å². The highest BCUT2D eigenvalue weighted by molar-refractivity contribution is 5.75. The number of hydrogen-bond acceptors (Lipinski definition) is 4. The van der Waals surface area contributed by atoms with E-state index in [-0.39, 0.29) is 18.6 Å². The van der Waals surface area contributed by atoms with Crippen LogP contribution in [0, 0.1) is 6.92 Å². The summed E-state index contributed by atoms with van der Waals surface area (Å²) in [5.74, 6) is 0.568. The Labute approximate surface area is 113 Å². The number of aryl methyl sites for hydroxylation is 1. The minimum atomic E-state index is -0.305. The number of ether oxygens (including phenoxy) is 2. The van der Waals surface area contributed by atoms with Crippen molar-refractivity contribution in [2.75, 3.05) is 32.8 Å². The van der Waals surface area contributed by atoms with Crippen LogP contribution in [0.25, 0.3) is 0 Å². The molecule has 1 atom stereocenters. The second kappa shape index (κ2) is 6.54. The molecule has 0 saturated carbocycles. The Bertz CT molecular complexity index is 436. The van der Waals surface area contributed by atoms with Crippen LogP contribution in [0.2, 0.25) is 0 Å². The molecule has 0 spiro atoms. The number of benzene rings is 1. The number of para-hydroxylation sites is 1. The van der Waals surface area contributed by atoms with Crippen molar-refractivity contribution < 1.29 is 14.3 Å². The standard InChI is InChI=1S/C14H20N2O3/c1-11-4-2-3-5-13(11)19-10-12-8-16(6-7-18-12)9-14(15)17/h2-5,12H,6-10H2,1H3,(H2,15,17). The predicted molar refractivity (Wildman–Crippen MR) is 72.0 cm³/mol. The van der Waals surface area contributed by atoms with Gasteiger partial charge in [-0.05, 0) is 18.6 Å². The van der Waals surface area contributed by atoms with E-state index in [0.29, 0.717) is 19.8 Å². The van der Waals surface area contributed by atoms with Crippen LogP contribution in [0.15, 0.2) is 24.3 Å². The molecule has 5 heteroatoms. The van der Waals surface area contributed by atoms with Crippen molar-refractivity contribution in [1.82, 2.24) is 4.90 Å². The van der Waals surface area contributed by atoms with E-state index in [1.54, 1.807) is 0 Å². The zero-order valence-electron chi connectivity index (χ0n) is 11.2. The number of rotatable bonds is 5. The fourth-order valence-electron chi connectivity index (χ4n) is 2.15. The number of hydrogen-bond donors (Lipinski definition) is 1. The van der Waals surface area contributed by atoms with Gasteiger partial charge in [0.15, 0.2) is 0 Å². The molecule has 1 aliphatic heterocycles. The maximum atomic E-state index is 10.9. The summed E-state index contributed by atoms with van der Waals surface area (Å²) in [7, 11) is 0. The zero-order valence-corrected chi connectivity index (χ0v) is 11.2. The van der Waals surface area contributed by atoms with Crippen molar-refractivity contribution >= 4 is 5.91 Å². The van der Waals surface area contributed by atoms with E-state index in [4.69, 9.17) is 15.2 Å². The average molecular weight is 264 g/mol. The summed E-state index contributed by atoms with van der Waals surface area (Å²) in [6.07, 6.45) is -0.0206. The van der Waals surface area contributed by atoms with Gasteiger partial charge in [-0.25, -0.2) is 0 Å². The van der Waals surface area contributed by atoms with Crippen LogP contribution in [0.3, 0.4) is 0 Å². The van der Waals surface area contributed by atoms with Gasteiger partial charge in [-0.1, -0.05) is 18.2 Å². The molecule has 104 valence electrons. The van der Waals surface area contributed by atoms with Gasteiger partial charge in [0, 0.05) is 13.1 Å². The Balaban J connectivity index is 1.82. The molecule has 2 N–H and O–H groups in total. The highest BCUT2D eigenvalue weighted by Gasteiger charge is 2.22. The van der Waals surface area contributed by atoms with E-state index in [9.17, 15) is 4.79 Å². The van der Waals surface area contributed by atoms with E-state index >= 15 is 0 Å². The molecular formula is C14H20N2O3. The Morgan fingerprint density at radius 1 is 1.53 bits per heavy atom. The van der Waals surface area contributed by atoms with E-state index in [0.717, 1.165) is 17.9 Å². The lowest BCUT2D eigenvalue weighted by Crippen LogP contribution is -2.47. The summed E-state index contributed by atoms with van der Waals surface area (Å²) in [5, 5.41) is 0. The van der Waals surface area contributed by atoms with E-state index < -0.39 is 0 Å². The van der Waals surface area contributed by atoms with Gasteiger partial charge >= 0.3 is 0 Å². The fraction of sp³-hybridized carbons (Fsp3) is 0.500. The molecule has 19 heavy (non-hydrogen) atoms. The zero-order chi connectivity index (χ0) is 13.7. The van der Waals surface area contributed by atoms with Crippen LogP contribution in [0.4, 0.5) is 0 Å². The highest BCUT2D eigenvalue weighted by atomic mass is 16.5. The second-order valence-corrected chi connectivity index (χ2v) is 4.77. The Kier molecular flexibility index (Phi) is 4.76. The number of nitrogens with zero attached hydrogens (tertiary/aromatic N) is 1. The Morgan fingerprint density at radius 3 is 3.05 bits per heavy atom. The van der Waals surface area contributed by atoms with Crippen molar-refractivity contribution in [2.45, 2.75) is 13.0 Å². The Hall–Kier alpha value is -1.59. The number of primary amides is 1. The molecule has 1 unspecified atom stereocenters. The quantitative estimate of drug-likeness (QED) is 0.844. The predicted octanol–water partition coefficient (Wildman–Crippen LogP) is 0.560. The summed E-state index contributed by atoms with van der Waals surface area (Å²) < 4.78 is 11.4. The SMILES string of the molecule is Cc1ccccc1OCC1CN(CC(N)=O)CCO1. The molecule has 0 aliphatic carbocycles. The molecule has 2 rings (SSSR count). The minimum absolute atomic E-state index is 0.0206. The molecule has 1 fully saturated rings. The molecule has 0 bridgehead atoms. The first-order chi connectivity index (χ1) is 9.15. The first-order valence-corrected chi connectivity index (χ1v) is 6.46. The topological polar surface area (TPSA) is 64.8 Å². The monoisotopic (exact) mass is 264 g/mol. The third kappa shape index (κ3) is 4.22. The number of morpholine rings is 1. The first kappa shape index (κ1) is 13.8. The summed E-state index contributed by atoms with van der Waals surface area (Å²) >= 11 is 0. The molecule has 1 amide bonds. The molecule has 1 aliphatic rings. The van der Waals surface area contributed by atoms with Crippen LogP contribution < -0.4 is 10.5 Å². The van der Waals surface area contributed by atoms with Gasteiger partial charge in [0.25, 0.3) is 0 Å².